The molecule has 0 atom stereocenters. The largest absolute Gasteiger partial charge is 0.256 e. The van der Waals surface area contributed by atoms with Gasteiger partial charge in [-0.05, 0) is 98.0 Å². The van der Waals surface area contributed by atoms with Crippen LogP contribution in [0.5, 0.6) is 0 Å². The summed E-state index contributed by atoms with van der Waals surface area (Å²) in [5.41, 5.74) is 8.24. The topological polar surface area (TPSA) is 38.7 Å². The molecule has 0 saturated carbocycles. The molecule has 8 rings (SSSR count). The second kappa shape index (κ2) is 10.1. The van der Waals surface area contributed by atoms with Crippen molar-refractivity contribution in [3.63, 3.8) is 0 Å². The molecule has 3 nitrogen and oxygen atoms in total. The summed E-state index contributed by atoms with van der Waals surface area (Å²) in [5.74, 6) is 0. The molecule has 0 saturated heterocycles. The van der Waals surface area contributed by atoms with Gasteiger partial charge >= 0.3 is 0 Å². The number of hydrogen-bond acceptors (Lipinski definition) is 3. The lowest BCUT2D eigenvalue weighted by molar-refractivity contribution is 1.25. The Hall–Kier alpha value is -5.67. The molecular formula is C39H25N3. The Morgan fingerprint density at radius 2 is 0.786 bits per heavy atom. The second-order valence-electron chi connectivity index (χ2n) is 10.5. The maximum Gasteiger partial charge on any atom is 0.0893 e. The highest BCUT2D eigenvalue weighted by Crippen LogP contribution is 2.39. The van der Waals surface area contributed by atoms with Crippen LogP contribution in [0, 0.1) is 0 Å². The van der Waals surface area contributed by atoms with Crippen LogP contribution in [0.1, 0.15) is 0 Å². The number of rotatable bonds is 4. The molecule has 196 valence electrons. The van der Waals surface area contributed by atoms with E-state index in [0.717, 1.165) is 33.9 Å². The van der Waals surface area contributed by atoms with Crippen molar-refractivity contribution in [1.82, 2.24) is 15.0 Å². The Labute approximate surface area is 243 Å². The van der Waals surface area contributed by atoms with Gasteiger partial charge in [0.1, 0.15) is 0 Å². The standard InChI is InChI=1S/C39H25N3/c1-2-12-31-30(11-1)34-24-27(26-9-7-10-28(23-26)36-13-3-5-21-40-36)17-19-32(34)33-20-18-29(25-35(31)33)37-15-8-16-39(42-37)38-14-4-6-22-41-38/h1-25H. The van der Waals surface area contributed by atoms with Crippen LogP contribution in [0.15, 0.2) is 152 Å². The van der Waals surface area contributed by atoms with Gasteiger partial charge in [-0.15, -0.1) is 0 Å². The van der Waals surface area contributed by atoms with Crippen molar-refractivity contribution < 1.29 is 0 Å². The minimum atomic E-state index is 0.871. The monoisotopic (exact) mass is 535 g/mol. The molecular weight excluding hydrogens is 510 g/mol. The molecule has 0 aliphatic heterocycles. The first-order valence-corrected chi connectivity index (χ1v) is 14.1. The maximum atomic E-state index is 4.97. The lowest BCUT2D eigenvalue weighted by Gasteiger charge is -2.14. The van der Waals surface area contributed by atoms with Gasteiger partial charge in [-0.1, -0.05) is 84.9 Å². The van der Waals surface area contributed by atoms with Gasteiger partial charge in [0.25, 0.3) is 0 Å². The maximum absolute atomic E-state index is 4.97. The van der Waals surface area contributed by atoms with Crippen LogP contribution in [0.2, 0.25) is 0 Å². The van der Waals surface area contributed by atoms with Crippen LogP contribution in [0.3, 0.4) is 0 Å². The third kappa shape index (κ3) is 4.20. The molecule has 3 aromatic heterocycles. The van der Waals surface area contributed by atoms with Crippen molar-refractivity contribution in [2.75, 3.05) is 0 Å². The van der Waals surface area contributed by atoms with Crippen molar-refractivity contribution >= 4 is 32.3 Å². The molecule has 0 bridgehead atoms. The van der Waals surface area contributed by atoms with Crippen molar-refractivity contribution in [2.45, 2.75) is 0 Å². The molecule has 0 amide bonds. The first kappa shape index (κ1) is 24.2. The first-order valence-electron chi connectivity index (χ1n) is 14.1. The first-order chi connectivity index (χ1) is 20.8. The van der Waals surface area contributed by atoms with E-state index in [2.05, 4.69) is 113 Å². The van der Waals surface area contributed by atoms with Gasteiger partial charge in [0, 0.05) is 23.5 Å². The van der Waals surface area contributed by atoms with Gasteiger partial charge in [-0.25, -0.2) is 4.98 Å². The van der Waals surface area contributed by atoms with Gasteiger partial charge in [-0.2, -0.15) is 0 Å². The zero-order chi connectivity index (χ0) is 27.9. The van der Waals surface area contributed by atoms with E-state index < -0.39 is 0 Å². The minimum absolute atomic E-state index is 0.871. The van der Waals surface area contributed by atoms with E-state index in [1.165, 1.54) is 43.4 Å². The Balaban J connectivity index is 1.28. The molecule has 8 aromatic rings. The predicted molar refractivity (Wildman–Crippen MR) is 174 cm³/mol. The van der Waals surface area contributed by atoms with E-state index in [4.69, 9.17) is 4.98 Å². The third-order valence-corrected chi connectivity index (χ3v) is 7.97. The second-order valence-corrected chi connectivity index (χ2v) is 10.5. The van der Waals surface area contributed by atoms with Gasteiger partial charge in [0.15, 0.2) is 0 Å². The summed E-state index contributed by atoms with van der Waals surface area (Å²) in [4.78, 5) is 14.0. The summed E-state index contributed by atoms with van der Waals surface area (Å²) in [5, 5.41) is 7.45. The highest BCUT2D eigenvalue weighted by atomic mass is 14.8. The Morgan fingerprint density at radius 3 is 1.50 bits per heavy atom. The molecule has 0 fully saturated rings. The lowest BCUT2D eigenvalue weighted by atomic mass is 9.90. The molecule has 42 heavy (non-hydrogen) atoms. The van der Waals surface area contributed by atoms with Crippen molar-refractivity contribution in [1.29, 1.82) is 0 Å². The Kier molecular flexibility index (Phi) is 5.79. The molecule has 0 aliphatic rings. The Morgan fingerprint density at radius 1 is 0.286 bits per heavy atom. The zero-order valence-electron chi connectivity index (χ0n) is 22.8. The van der Waals surface area contributed by atoms with Gasteiger partial charge in [0.05, 0.1) is 22.8 Å². The van der Waals surface area contributed by atoms with Crippen molar-refractivity contribution in [2.24, 2.45) is 0 Å². The molecule has 0 spiro atoms. The average molecular weight is 536 g/mol. The third-order valence-electron chi connectivity index (χ3n) is 7.97. The number of aromatic nitrogens is 3. The summed E-state index contributed by atoms with van der Waals surface area (Å²) < 4.78 is 0. The molecule has 3 heteroatoms. The summed E-state index contributed by atoms with van der Waals surface area (Å²) in [6.07, 6.45) is 3.65. The number of hydrogen-bond donors (Lipinski definition) is 0. The molecule has 0 unspecified atom stereocenters. The molecule has 0 N–H and O–H groups in total. The zero-order valence-corrected chi connectivity index (χ0v) is 22.8. The van der Waals surface area contributed by atoms with Crippen molar-refractivity contribution in [3.8, 4) is 45.0 Å². The highest BCUT2D eigenvalue weighted by molar-refractivity contribution is 6.26. The van der Waals surface area contributed by atoms with Crippen molar-refractivity contribution in [3.05, 3.63) is 152 Å². The van der Waals surface area contributed by atoms with E-state index in [9.17, 15) is 0 Å². The van der Waals surface area contributed by atoms with E-state index in [0.29, 0.717) is 0 Å². The van der Waals surface area contributed by atoms with E-state index in [1.54, 1.807) is 6.20 Å². The summed E-state index contributed by atoms with van der Waals surface area (Å²) in [6.45, 7) is 0. The predicted octanol–water partition coefficient (Wildman–Crippen LogP) is 10.00. The Bertz CT molecular complexity index is 2060. The quantitative estimate of drug-likeness (QED) is 0.211. The van der Waals surface area contributed by atoms with Crippen LogP contribution in [0.25, 0.3) is 77.3 Å². The summed E-state index contributed by atoms with van der Waals surface area (Å²) in [7, 11) is 0. The summed E-state index contributed by atoms with van der Waals surface area (Å²) >= 11 is 0. The summed E-state index contributed by atoms with van der Waals surface area (Å²) in [6, 6.07) is 49.0. The van der Waals surface area contributed by atoms with Crippen LogP contribution >= 0.6 is 0 Å². The number of fused-ring (bicyclic) bond motifs is 6. The minimum Gasteiger partial charge on any atom is -0.256 e. The molecule has 5 aromatic carbocycles. The fourth-order valence-corrected chi connectivity index (χ4v) is 5.94. The van der Waals surface area contributed by atoms with Gasteiger partial charge in [-0.3, -0.25) is 9.97 Å². The molecule has 0 radical (unpaired) electrons. The van der Waals surface area contributed by atoms with Gasteiger partial charge < -0.3 is 0 Å². The van der Waals surface area contributed by atoms with Crippen LogP contribution in [0.4, 0.5) is 0 Å². The van der Waals surface area contributed by atoms with Crippen LogP contribution in [-0.4, -0.2) is 15.0 Å². The van der Waals surface area contributed by atoms with E-state index in [-0.39, 0.29) is 0 Å². The normalized spacial score (nSPS) is 11.3. The molecule has 0 aliphatic carbocycles. The number of pyridine rings is 3. The van der Waals surface area contributed by atoms with E-state index in [1.807, 2.05) is 42.6 Å². The SMILES string of the molecule is c1ccc(-c2cccc(-c3ccc4c5ccc(-c6cccc(-c7ccccn7)n6)cc5c5ccccc5c4c3)c2)nc1. The molecule has 3 heterocycles. The lowest BCUT2D eigenvalue weighted by Crippen LogP contribution is -1.90. The van der Waals surface area contributed by atoms with Crippen LogP contribution < -0.4 is 0 Å². The highest BCUT2D eigenvalue weighted by Gasteiger charge is 2.13. The fourth-order valence-electron chi connectivity index (χ4n) is 5.94. The van der Waals surface area contributed by atoms with Gasteiger partial charge in [0.2, 0.25) is 0 Å². The van der Waals surface area contributed by atoms with E-state index >= 15 is 0 Å². The number of benzene rings is 5. The fraction of sp³-hybridized carbons (Fsp3) is 0. The number of nitrogens with zero attached hydrogens (tertiary/aromatic N) is 3. The average Bonchev–Trinajstić information content (AvgIpc) is 3.09. The van der Waals surface area contributed by atoms with Crippen LogP contribution in [-0.2, 0) is 0 Å². The smallest absolute Gasteiger partial charge is 0.0893 e.